The lowest BCUT2D eigenvalue weighted by Crippen LogP contribution is -2.40. The molecule has 10 nitrogen and oxygen atoms in total. The minimum Gasteiger partial charge on any atom is -0.495 e. The van der Waals surface area contributed by atoms with Crippen molar-refractivity contribution in [3.05, 3.63) is 35.7 Å². The van der Waals surface area contributed by atoms with Crippen molar-refractivity contribution in [1.29, 1.82) is 0 Å². The van der Waals surface area contributed by atoms with Crippen LogP contribution in [-0.2, 0) is 9.53 Å². The van der Waals surface area contributed by atoms with Crippen molar-refractivity contribution in [3.8, 4) is 5.75 Å². The number of hydrogen-bond acceptors (Lipinski definition) is 7. The number of pyridine rings is 1. The Labute approximate surface area is 225 Å². The Bertz CT molecular complexity index is 1350. The number of ether oxygens (including phenoxy) is 2. The fourth-order valence-electron chi connectivity index (χ4n) is 4.05. The first-order valence-corrected chi connectivity index (χ1v) is 15.7. The molecule has 2 N–H and O–H groups in total. The van der Waals surface area contributed by atoms with Gasteiger partial charge in [-0.05, 0) is 53.1 Å². The van der Waals surface area contributed by atoms with E-state index in [1.54, 1.807) is 29.2 Å². The largest absolute Gasteiger partial charge is 0.495 e. The van der Waals surface area contributed by atoms with Gasteiger partial charge in [-0.15, -0.1) is 0 Å². The summed E-state index contributed by atoms with van der Waals surface area (Å²) in [4.78, 5) is 35.7. The van der Waals surface area contributed by atoms with E-state index in [2.05, 4.69) is 20.6 Å². The Hall–Kier alpha value is -2.64. The Morgan fingerprint density at radius 3 is 2.59 bits per heavy atom. The number of nitrogens with one attached hydrogen (secondary N) is 2. The van der Waals surface area contributed by atoms with Crippen LogP contribution < -0.4 is 15.4 Å². The lowest BCUT2D eigenvalue weighted by Gasteiger charge is -2.27. The number of morpholine rings is 1. The number of alkyl halides is 2. The summed E-state index contributed by atoms with van der Waals surface area (Å²) in [6, 6.07) is 6.56. The highest BCUT2D eigenvalue weighted by molar-refractivity contribution is 14.2. The number of benzene rings is 1. The number of amides is 2. The molecule has 14 heteroatoms. The van der Waals surface area contributed by atoms with Gasteiger partial charge in [0, 0.05) is 30.6 Å². The van der Waals surface area contributed by atoms with E-state index in [0.717, 1.165) is 12.8 Å². The van der Waals surface area contributed by atoms with E-state index in [0.29, 0.717) is 49.0 Å². The van der Waals surface area contributed by atoms with E-state index in [-0.39, 0.29) is 41.1 Å². The Morgan fingerprint density at radius 2 is 1.95 bits per heavy atom. The zero-order chi connectivity index (χ0) is 26.1. The van der Waals surface area contributed by atoms with Crippen molar-refractivity contribution in [3.63, 3.8) is 0 Å². The summed E-state index contributed by atoms with van der Waals surface area (Å²) in [5, 5.41) is 5.98. The molecule has 1 aliphatic carbocycles. The summed E-state index contributed by atoms with van der Waals surface area (Å²) >= 11 is 2.00. The van der Waals surface area contributed by atoms with Crippen LogP contribution in [0.15, 0.2) is 24.3 Å². The van der Waals surface area contributed by atoms with Gasteiger partial charge in [0.15, 0.2) is 11.5 Å². The Morgan fingerprint density at radius 1 is 1.19 bits per heavy atom. The van der Waals surface area contributed by atoms with Gasteiger partial charge in [-0.25, -0.2) is 18.7 Å². The van der Waals surface area contributed by atoms with Gasteiger partial charge in [-0.2, -0.15) is 0 Å². The quantitative estimate of drug-likeness (QED) is 0.270. The van der Waals surface area contributed by atoms with Crippen LogP contribution >= 0.6 is 28.4 Å². The average molecular weight is 644 g/mol. The number of anilines is 3. The Balaban J connectivity index is 1.52. The predicted octanol–water partition coefficient (Wildman–Crippen LogP) is 4.73. The molecule has 1 unspecified atom stereocenters. The second kappa shape index (κ2) is 11.0. The molecule has 2 fully saturated rings. The second-order valence-electron chi connectivity index (χ2n) is 8.63. The number of methoxy groups -OCH3 is 1. The normalized spacial score (nSPS) is 16.1. The Kier molecular flexibility index (Phi) is 7.72. The van der Waals surface area contributed by atoms with Gasteiger partial charge in [-0.1, -0.05) is 0 Å². The number of halogens is 3. The molecule has 0 radical (unpaired) electrons. The van der Waals surface area contributed by atoms with Crippen molar-refractivity contribution in [1.82, 2.24) is 19.2 Å². The number of fused-ring (bicyclic) bond motifs is 1. The fourth-order valence-corrected chi connectivity index (χ4v) is 5.95. The number of imidazole rings is 1. The average Bonchev–Trinajstić information content (AvgIpc) is 3.69. The minimum absolute atomic E-state index is 0.0569. The molecule has 2 amide bonds. The number of hydrogen-bond donors (Lipinski definition) is 2. The van der Waals surface area contributed by atoms with Crippen LogP contribution in [-0.4, -0.2) is 64.4 Å². The van der Waals surface area contributed by atoms with Crippen LogP contribution in [0.5, 0.6) is 5.75 Å². The van der Waals surface area contributed by atoms with Gasteiger partial charge in [0.2, 0.25) is 5.91 Å². The molecular formula is C23H24F2IN6O4P. The summed E-state index contributed by atoms with van der Waals surface area (Å²) in [6.07, 6.45) is -1.25. The van der Waals surface area contributed by atoms with Gasteiger partial charge in [0.25, 0.3) is 12.3 Å². The molecule has 37 heavy (non-hydrogen) atoms. The third kappa shape index (κ3) is 5.48. The van der Waals surface area contributed by atoms with Gasteiger partial charge in [0.05, 0.1) is 38.1 Å². The minimum atomic E-state index is -2.80. The maximum absolute atomic E-state index is 13.8. The first-order valence-electron chi connectivity index (χ1n) is 11.6. The summed E-state index contributed by atoms with van der Waals surface area (Å²) < 4.78 is 39.7. The van der Waals surface area contributed by atoms with Gasteiger partial charge >= 0.3 is 0 Å². The molecule has 3 heterocycles. The van der Waals surface area contributed by atoms with Crippen LogP contribution in [0, 0.1) is 5.92 Å². The maximum atomic E-state index is 13.8. The van der Waals surface area contributed by atoms with E-state index >= 15 is 0 Å². The maximum Gasteiger partial charge on any atom is 0.295 e. The van der Waals surface area contributed by atoms with Crippen molar-refractivity contribution < 1.29 is 27.8 Å². The first-order chi connectivity index (χ1) is 17.9. The molecule has 0 spiro atoms. The molecule has 5 rings (SSSR count). The van der Waals surface area contributed by atoms with E-state index in [1.165, 1.54) is 11.4 Å². The van der Waals surface area contributed by atoms with Gasteiger partial charge < -0.3 is 25.0 Å². The molecule has 1 atom stereocenters. The number of nitrogens with zero attached hydrogens (tertiary/aromatic N) is 4. The monoisotopic (exact) mass is 644 g/mol. The number of carbonyl (C=O) groups excluding carboxylic acids is 2. The molecule has 2 aliphatic rings. The molecule has 1 aliphatic heterocycles. The van der Waals surface area contributed by atoms with Crippen LogP contribution in [0.3, 0.4) is 0 Å². The van der Waals surface area contributed by atoms with Crippen molar-refractivity contribution in [2.75, 3.05) is 44.0 Å². The molecule has 1 saturated heterocycles. The lowest BCUT2D eigenvalue weighted by molar-refractivity contribution is -0.117. The van der Waals surface area contributed by atoms with Gasteiger partial charge in [0.1, 0.15) is 17.1 Å². The van der Waals surface area contributed by atoms with Crippen molar-refractivity contribution in [2.24, 2.45) is 5.92 Å². The predicted molar refractivity (Wildman–Crippen MR) is 145 cm³/mol. The lowest BCUT2D eigenvalue weighted by atomic mass is 10.1. The fraction of sp³-hybridized carbons (Fsp3) is 0.391. The first kappa shape index (κ1) is 26.0. The van der Waals surface area contributed by atoms with E-state index in [1.807, 2.05) is 22.0 Å². The molecule has 3 aromatic rings. The molecular weight excluding hydrogens is 620 g/mol. The topological polar surface area (TPSA) is 111 Å². The molecule has 196 valence electrons. The third-order valence-corrected chi connectivity index (χ3v) is 8.19. The number of carbonyl (C=O) groups is 2. The SMILES string of the molecule is COc1cc(C(=O)N2CCOCC2)ccc1Nc1cc(NC(=O)C2CC2)nc2c1nc(C(F)F)n2PI. The van der Waals surface area contributed by atoms with Crippen molar-refractivity contribution in [2.45, 2.75) is 19.3 Å². The molecule has 1 saturated carbocycles. The zero-order valence-corrected chi connectivity index (χ0v) is 22.9. The number of rotatable bonds is 8. The second-order valence-corrected chi connectivity index (χ2v) is 10.7. The van der Waals surface area contributed by atoms with E-state index < -0.39 is 12.2 Å². The molecule has 1 aromatic carbocycles. The van der Waals surface area contributed by atoms with Crippen LogP contribution in [0.2, 0.25) is 0 Å². The summed E-state index contributed by atoms with van der Waals surface area (Å²) in [6.45, 7) is 2.01. The standard InChI is InChI=1S/C23H24F2IN6O4P/c1-35-16-10-13(23(34)31-6-8-36-9-7-31)4-5-14(16)27-15-11-17(29-22(33)12-2-3-12)28-20-18(15)30-21(19(24)25)32(20)37-26/h4-5,10-12,19,37H,2-3,6-9H2,1H3,(H2,27,28,29,33). The molecule has 0 bridgehead atoms. The zero-order valence-electron chi connectivity index (χ0n) is 19.8. The highest BCUT2D eigenvalue weighted by atomic mass is 127. The van der Waals surface area contributed by atoms with Crippen LogP contribution in [0.4, 0.5) is 26.0 Å². The summed E-state index contributed by atoms with van der Waals surface area (Å²) in [5.74, 6) is -0.120. The third-order valence-electron chi connectivity index (χ3n) is 6.14. The smallest absolute Gasteiger partial charge is 0.295 e. The number of aromatic nitrogens is 3. The summed E-state index contributed by atoms with van der Waals surface area (Å²) in [5.41, 5.74) is 1.79. The van der Waals surface area contributed by atoms with Crippen LogP contribution in [0.1, 0.15) is 35.4 Å². The highest BCUT2D eigenvalue weighted by Crippen LogP contribution is 2.40. The van der Waals surface area contributed by atoms with E-state index in [4.69, 9.17) is 9.47 Å². The molecule has 2 aromatic heterocycles. The van der Waals surface area contributed by atoms with Crippen molar-refractivity contribution >= 4 is 68.6 Å². The highest BCUT2D eigenvalue weighted by Gasteiger charge is 2.30. The van der Waals surface area contributed by atoms with E-state index in [9.17, 15) is 18.4 Å². The van der Waals surface area contributed by atoms with Crippen LogP contribution in [0.25, 0.3) is 11.2 Å². The summed E-state index contributed by atoms with van der Waals surface area (Å²) in [7, 11) is 1.48. The van der Waals surface area contributed by atoms with Gasteiger partial charge in [-0.3, -0.25) is 13.9 Å².